The third kappa shape index (κ3) is 3.85. The molecule has 1 aromatic heterocycles. The molecular formula is C16H18FIN4O2Si. The fourth-order valence-electron chi connectivity index (χ4n) is 2.42. The topological polar surface area (TPSA) is 73.0 Å². The number of aromatic nitrogens is 3. The lowest BCUT2D eigenvalue weighted by atomic mass is 10.0. The molecule has 2 heterocycles. The Hall–Kier alpha value is -1.51. The number of hydrogen-bond donors (Lipinski definition) is 0. The van der Waals surface area contributed by atoms with Gasteiger partial charge in [-0.3, -0.25) is 0 Å². The third-order valence-electron chi connectivity index (χ3n) is 3.82. The molecule has 1 aliphatic heterocycles. The van der Waals surface area contributed by atoms with Crippen molar-refractivity contribution in [3.63, 3.8) is 0 Å². The minimum atomic E-state index is -1.14. The molecule has 0 spiro atoms. The Morgan fingerprint density at radius 3 is 2.88 bits per heavy atom. The standard InChI is InChI=1S/C16H18FIN4O2Si/c1-25(2,3)5-4-23-9-22-20-12-8-24-16-11(15(12)21-22)6-10(7-19)14(18)13(16)17/h6H,4-5,8-9H2,1-3H3. The minimum Gasteiger partial charge on any atom is -0.483 e. The maximum absolute atomic E-state index is 14.4. The molecule has 6 nitrogen and oxygen atoms in total. The summed E-state index contributed by atoms with van der Waals surface area (Å²) in [5.74, 6) is -0.399. The molecule has 0 amide bonds. The van der Waals surface area contributed by atoms with Gasteiger partial charge < -0.3 is 9.47 Å². The van der Waals surface area contributed by atoms with Crippen LogP contribution in [0.15, 0.2) is 6.07 Å². The number of nitrogens with zero attached hydrogens (tertiary/aromatic N) is 4. The van der Waals surface area contributed by atoms with Gasteiger partial charge in [-0.1, -0.05) is 19.6 Å². The van der Waals surface area contributed by atoms with E-state index in [1.807, 2.05) is 28.7 Å². The smallest absolute Gasteiger partial charge is 0.180 e. The van der Waals surface area contributed by atoms with Gasteiger partial charge in [-0.2, -0.15) is 20.3 Å². The number of ether oxygens (including phenoxy) is 2. The second kappa shape index (κ2) is 7.01. The van der Waals surface area contributed by atoms with E-state index in [1.54, 1.807) is 6.07 Å². The lowest BCUT2D eigenvalue weighted by Crippen LogP contribution is -2.22. The molecule has 132 valence electrons. The molecule has 0 N–H and O–H groups in total. The molecular weight excluding hydrogens is 454 g/mol. The number of benzene rings is 1. The van der Waals surface area contributed by atoms with E-state index in [2.05, 4.69) is 29.8 Å². The summed E-state index contributed by atoms with van der Waals surface area (Å²) in [7, 11) is -1.14. The Labute approximate surface area is 160 Å². The van der Waals surface area contributed by atoms with Gasteiger partial charge in [0.2, 0.25) is 0 Å². The second-order valence-electron chi connectivity index (χ2n) is 7.04. The predicted molar refractivity (Wildman–Crippen MR) is 101 cm³/mol. The normalized spacial score (nSPS) is 13.0. The molecule has 0 saturated heterocycles. The highest BCUT2D eigenvalue weighted by molar-refractivity contribution is 14.1. The summed E-state index contributed by atoms with van der Waals surface area (Å²) in [4.78, 5) is 1.45. The molecule has 1 aromatic carbocycles. The Morgan fingerprint density at radius 2 is 2.20 bits per heavy atom. The first kappa shape index (κ1) is 18.3. The van der Waals surface area contributed by atoms with Crippen LogP contribution in [0.5, 0.6) is 5.75 Å². The van der Waals surface area contributed by atoms with Crippen LogP contribution >= 0.6 is 22.6 Å². The number of rotatable bonds is 5. The largest absolute Gasteiger partial charge is 0.483 e. The summed E-state index contributed by atoms with van der Waals surface area (Å²) < 4.78 is 25.8. The first-order valence-electron chi connectivity index (χ1n) is 7.87. The molecule has 0 unspecified atom stereocenters. The van der Waals surface area contributed by atoms with E-state index in [0.29, 0.717) is 23.6 Å². The summed E-state index contributed by atoms with van der Waals surface area (Å²) >= 11 is 1.81. The van der Waals surface area contributed by atoms with Gasteiger partial charge in [0, 0.05) is 14.7 Å². The molecule has 2 aromatic rings. The van der Waals surface area contributed by atoms with E-state index in [1.165, 1.54) is 4.80 Å². The molecule has 0 atom stereocenters. The van der Waals surface area contributed by atoms with Gasteiger partial charge in [-0.15, -0.1) is 0 Å². The number of halogens is 2. The number of hydrogen-bond acceptors (Lipinski definition) is 5. The molecule has 0 aliphatic carbocycles. The minimum absolute atomic E-state index is 0.127. The fourth-order valence-corrected chi connectivity index (χ4v) is 3.70. The molecule has 0 saturated carbocycles. The molecule has 25 heavy (non-hydrogen) atoms. The van der Waals surface area contributed by atoms with Crippen LogP contribution in [0.2, 0.25) is 25.7 Å². The van der Waals surface area contributed by atoms with Gasteiger partial charge in [-0.25, -0.2) is 4.39 Å². The SMILES string of the molecule is C[Si](C)(C)CCOCn1nc2c(n1)-c1cc(C#N)c(I)c(F)c1OC2. The lowest BCUT2D eigenvalue weighted by Gasteiger charge is -2.17. The summed E-state index contributed by atoms with van der Waals surface area (Å²) in [6.45, 7) is 7.93. The first-order valence-corrected chi connectivity index (χ1v) is 12.7. The van der Waals surface area contributed by atoms with Crippen LogP contribution in [0.3, 0.4) is 0 Å². The van der Waals surface area contributed by atoms with Gasteiger partial charge in [0.1, 0.15) is 24.1 Å². The third-order valence-corrected chi connectivity index (χ3v) is 6.58. The lowest BCUT2D eigenvalue weighted by molar-refractivity contribution is 0.0681. The van der Waals surface area contributed by atoms with Gasteiger partial charge in [0.05, 0.1) is 14.7 Å². The molecule has 9 heteroatoms. The zero-order valence-corrected chi connectivity index (χ0v) is 17.4. The summed E-state index contributed by atoms with van der Waals surface area (Å²) in [6.07, 6.45) is 0. The predicted octanol–water partition coefficient (Wildman–Crippen LogP) is 3.77. The van der Waals surface area contributed by atoms with Crippen molar-refractivity contribution in [2.24, 2.45) is 0 Å². The summed E-state index contributed by atoms with van der Waals surface area (Å²) in [6, 6.07) is 4.67. The van der Waals surface area contributed by atoms with E-state index >= 15 is 0 Å². The average molecular weight is 472 g/mol. The van der Waals surface area contributed by atoms with E-state index in [9.17, 15) is 9.65 Å². The van der Waals surface area contributed by atoms with Crippen LogP contribution in [0.4, 0.5) is 4.39 Å². The quantitative estimate of drug-likeness (QED) is 0.377. The highest BCUT2D eigenvalue weighted by atomic mass is 127. The molecule has 3 rings (SSSR count). The van der Waals surface area contributed by atoms with Crippen molar-refractivity contribution in [2.45, 2.75) is 39.0 Å². The second-order valence-corrected chi connectivity index (χ2v) is 13.7. The van der Waals surface area contributed by atoms with E-state index < -0.39 is 13.9 Å². The van der Waals surface area contributed by atoms with Crippen molar-refractivity contribution >= 4 is 30.7 Å². The highest BCUT2D eigenvalue weighted by Gasteiger charge is 2.28. The van der Waals surface area contributed by atoms with Crippen LogP contribution in [0, 0.1) is 20.7 Å². The Morgan fingerprint density at radius 1 is 1.44 bits per heavy atom. The Kier molecular flexibility index (Phi) is 5.13. The van der Waals surface area contributed by atoms with Crippen molar-refractivity contribution < 1.29 is 13.9 Å². The van der Waals surface area contributed by atoms with Crippen LogP contribution in [-0.4, -0.2) is 29.7 Å². The van der Waals surface area contributed by atoms with Crippen molar-refractivity contribution in [1.82, 2.24) is 15.0 Å². The summed E-state index contributed by atoms with van der Waals surface area (Å²) in [5.41, 5.74) is 1.88. The van der Waals surface area contributed by atoms with Gasteiger partial charge in [0.25, 0.3) is 0 Å². The maximum atomic E-state index is 14.4. The van der Waals surface area contributed by atoms with Crippen molar-refractivity contribution in [2.75, 3.05) is 6.61 Å². The van der Waals surface area contributed by atoms with Gasteiger partial charge in [-0.05, 0) is 34.7 Å². The van der Waals surface area contributed by atoms with Crippen LogP contribution in [-0.2, 0) is 18.1 Å². The Balaban J connectivity index is 1.83. The fraction of sp³-hybridized carbons (Fsp3) is 0.438. The summed E-state index contributed by atoms with van der Waals surface area (Å²) in [5, 5.41) is 17.9. The first-order chi connectivity index (χ1) is 11.8. The van der Waals surface area contributed by atoms with E-state index in [4.69, 9.17) is 9.47 Å². The zero-order chi connectivity index (χ0) is 18.2. The van der Waals surface area contributed by atoms with Crippen LogP contribution in [0.1, 0.15) is 11.3 Å². The number of nitriles is 1. The van der Waals surface area contributed by atoms with Crippen LogP contribution in [0.25, 0.3) is 11.3 Å². The van der Waals surface area contributed by atoms with E-state index in [0.717, 1.165) is 6.04 Å². The van der Waals surface area contributed by atoms with Gasteiger partial charge in [0.15, 0.2) is 18.3 Å². The zero-order valence-electron chi connectivity index (χ0n) is 14.3. The van der Waals surface area contributed by atoms with Crippen molar-refractivity contribution in [3.05, 3.63) is 26.7 Å². The molecule has 0 fully saturated rings. The monoisotopic (exact) mass is 472 g/mol. The Bertz CT molecular complexity index is 857. The van der Waals surface area contributed by atoms with Crippen molar-refractivity contribution in [1.29, 1.82) is 5.26 Å². The van der Waals surface area contributed by atoms with E-state index in [-0.39, 0.29) is 28.2 Å². The number of fused-ring (bicyclic) bond motifs is 3. The molecule has 0 radical (unpaired) electrons. The molecule has 1 aliphatic rings. The maximum Gasteiger partial charge on any atom is 0.180 e. The van der Waals surface area contributed by atoms with Crippen molar-refractivity contribution in [3.8, 4) is 23.1 Å². The molecule has 0 bridgehead atoms. The highest BCUT2D eigenvalue weighted by Crippen LogP contribution is 2.40. The average Bonchev–Trinajstić information content (AvgIpc) is 2.97. The van der Waals surface area contributed by atoms with Gasteiger partial charge >= 0.3 is 0 Å². The van der Waals surface area contributed by atoms with Crippen LogP contribution < -0.4 is 4.74 Å².